The summed E-state index contributed by atoms with van der Waals surface area (Å²) in [5.41, 5.74) is -0.859. The summed E-state index contributed by atoms with van der Waals surface area (Å²) in [5.74, 6) is 0.814. The summed E-state index contributed by atoms with van der Waals surface area (Å²) in [6.07, 6.45) is 0.868. The first-order valence-electron chi connectivity index (χ1n) is 10.1. The third kappa shape index (κ3) is 5.43. The van der Waals surface area contributed by atoms with Crippen LogP contribution in [0.2, 0.25) is 0 Å². The first kappa shape index (κ1) is 25.3. The Hall–Kier alpha value is -4.34. The lowest BCUT2D eigenvalue weighted by Crippen LogP contribution is -2.19. The van der Waals surface area contributed by atoms with Crippen molar-refractivity contribution >= 4 is 27.2 Å². The van der Waals surface area contributed by atoms with Gasteiger partial charge in [-0.25, -0.2) is 17.2 Å². The number of ketones is 1. The number of nitriles is 1. The van der Waals surface area contributed by atoms with Crippen LogP contribution in [0.5, 0.6) is 0 Å². The van der Waals surface area contributed by atoms with Crippen LogP contribution in [-0.2, 0) is 9.84 Å². The molecule has 3 rings (SSSR count). The average molecular weight is 493 g/mol. The fraction of sp³-hybridized carbons (Fsp3) is 0.115. The quantitative estimate of drug-likeness (QED) is 0.429. The highest BCUT2D eigenvalue weighted by atomic mass is 32.2. The van der Waals surface area contributed by atoms with Gasteiger partial charge in [0.25, 0.3) is 5.91 Å². The maximum Gasteiger partial charge on any atom is 0.257 e. The molecular weight excluding hydrogens is 474 g/mol. The summed E-state index contributed by atoms with van der Waals surface area (Å²) in [7, 11) is -3.89. The molecule has 0 fully saturated rings. The molecule has 9 heteroatoms. The van der Waals surface area contributed by atoms with Gasteiger partial charge in [-0.15, -0.1) is 0 Å². The predicted octanol–water partition coefficient (Wildman–Crippen LogP) is 4.40. The Morgan fingerprint density at radius 2 is 1.71 bits per heavy atom. The molecule has 0 aliphatic heterocycles. The first-order valence-corrected chi connectivity index (χ1v) is 12.0. The highest BCUT2D eigenvalue weighted by Crippen LogP contribution is 2.27. The second kappa shape index (κ2) is 9.88. The van der Waals surface area contributed by atoms with Crippen LogP contribution in [-0.4, -0.2) is 26.4 Å². The molecule has 0 aliphatic carbocycles. The van der Waals surface area contributed by atoms with E-state index in [0.717, 1.165) is 36.9 Å². The van der Waals surface area contributed by atoms with Gasteiger partial charge in [0.2, 0.25) is 0 Å². The summed E-state index contributed by atoms with van der Waals surface area (Å²) in [5, 5.41) is 11.3. The van der Waals surface area contributed by atoms with Crippen LogP contribution in [0, 0.1) is 41.7 Å². The van der Waals surface area contributed by atoms with Crippen LogP contribution >= 0.6 is 0 Å². The zero-order chi connectivity index (χ0) is 25.9. The number of sulfone groups is 1. The monoisotopic (exact) mass is 492 g/mol. The molecule has 0 aliphatic rings. The Morgan fingerprint density at radius 3 is 2.31 bits per heavy atom. The number of amides is 1. The van der Waals surface area contributed by atoms with Gasteiger partial charge in [-0.1, -0.05) is 30.0 Å². The van der Waals surface area contributed by atoms with Gasteiger partial charge in [0.1, 0.15) is 5.82 Å². The number of aryl methyl sites for hydroxylation is 1. The number of carbonyl (C=O) groups is 2. The molecule has 0 saturated carbocycles. The Kier molecular flexibility index (Phi) is 7.14. The number of carbonyl (C=O) groups excluding carboxylic acids is 2. The van der Waals surface area contributed by atoms with Crippen molar-refractivity contribution < 1.29 is 26.8 Å². The molecule has 0 saturated heterocycles. The van der Waals surface area contributed by atoms with E-state index < -0.39 is 55.5 Å². The van der Waals surface area contributed by atoms with Gasteiger partial charge in [-0.2, -0.15) is 5.26 Å². The molecule has 0 atom stereocenters. The van der Waals surface area contributed by atoms with E-state index >= 15 is 4.39 Å². The standard InChI is InChI=1S/C26H18F2N2O4S/c1-15-6-4-5-7-18(15)9-10-19-21(27)13-22(24(16(2)31)25(19)28)30-26(32)20-12-17(14-29)8-11-23(20)35(3,33)34/h4-8,11-13H,1-3H3,(H,30,32). The fourth-order valence-electron chi connectivity index (χ4n) is 3.31. The Morgan fingerprint density at radius 1 is 1.03 bits per heavy atom. The maximum atomic E-state index is 15.2. The first-order chi connectivity index (χ1) is 16.4. The molecule has 35 heavy (non-hydrogen) atoms. The third-order valence-electron chi connectivity index (χ3n) is 5.04. The van der Waals surface area contributed by atoms with Crippen molar-refractivity contribution in [2.75, 3.05) is 11.6 Å². The topological polar surface area (TPSA) is 104 Å². The minimum Gasteiger partial charge on any atom is -0.321 e. The van der Waals surface area contributed by atoms with E-state index in [1.54, 1.807) is 37.3 Å². The number of benzene rings is 3. The van der Waals surface area contributed by atoms with E-state index in [4.69, 9.17) is 5.26 Å². The molecule has 0 aromatic heterocycles. The van der Waals surface area contributed by atoms with E-state index in [1.807, 2.05) is 0 Å². The Labute approximate surface area is 201 Å². The highest BCUT2D eigenvalue weighted by Gasteiger charge is 2.25. The average Bonchev–Trinajstić information content (AvgIpc) is 2.78. The minimum atomic E-state index is -3.89. The van der Waals surface area contributed by atoms with Gasteiger partial charge in [0.05, 0.1) is 38.9 Å². The van der Waals surface area contributed by atoms with E-state index in [2.05, 4.69) is 17.2 Å². The van der Waals surface area contributed by atoms with E-state index in [9.17, 15) is 22.4 Å². The number of nitrogens with one attached hydrogen (secondary N) is 1. The summed E-state index contributed by atoms with van der Waals surface area (Å²) in [6, 6.07) is 12.8. The Bertz CT molecular complexity index is 1590. The Balaban J connectivity index is 2.12. The number of nitrogens with zero attached hydrogens (tertiary/aromatic N) is 1. The molecule has 0 heterocycles. The van der Waals surface area contributed by atoms with Crippen molar-refractivity contribution in [3.63, 3.8) is 0 Å². The van der Waals surface area contributed by atoms with Gasteiger partial charge in [-0.3, -0.25) is 9.59 Å². The molecule has 1 N–H and O–H groups in total. The normalized spacial score (nSPS) is 10.6. The van der Waals surface area contributed by atoms with E-state index in [-0.39, 0.29) is 10.5 Å². The second-order valence-electron chi connectivity index (χ2n) is 7.64. The fourth-order valence-corrected chi connectivity index (χ4v) is 4.18. The van der Waals surface area contributed by atoms with Gasteiger partial charge < -0.3 is 5.32 Å². The van der Waals surface area contributed by atoms with E-state index in [0.29, 0.717) is 5.56 Å². The summed E-state index contributed by atoms with van der Waals surface area (Å²) in [4.78, 5) is 24.7. The SMILES string of the molecule is CC(=O)c1c(NC(=O)c2cc(C#N)ccc2S(C)(=O)=O)cc(F)c(C#Cc2ccccc2C)c1F. The summed E-state index contributed by atoms with van der Waals surface area (Å²) >= 11 is 0. The maximum absolute atomic E-state index is 15.2. The van der Waals surface area contributed by atoms with Crippen LogP contribution in [0.4, 0.5) is 14.5 Å². The van der Waals surface area contributed by atoms with Gasteiger partial charge in [0, 0.05) is 11.8 Å². The molecule has 0 radical (unpaired) electrons. The molecule has 0 unspecified atom stereocenters. The predicted molar refractivity (Wildman–Crippen MR) is 126 cm³/mol. The van der Waals surface area contributed by atoms with Gasteiger partial charge in [-0.05, 0) is 49.7 Å². The number of Topliss-reactive ketones (excluding diaryl/α,β-unsaturated/α-hetero) is 1. The zero-order valence-corrected chi connectivity index (χ0v) is 19.7. The number of halogens is 2. The van der Waals surface area contributed by atoms with Crippen molar-refractivity contribution in [3.05, 3.63) is 93.5 Å². The minimum absolute atomic E-state index is 0.00599. The van der Waals surface area contributed by atoms with Crippen LogP contribution < -0.4 is 5.32 Å². The molecule has 0 bridgehead atoms. The molecule has 3 aromatic rings. The van der Waals surface area contributed by atoms with Crippen LogP contribution in [0.3, 0.4) is 0 Å². The van der Waals surface area contributed by atoms with Crippen molar-refractivity contribution in [1.29, 1.82) is 5.26 Å². The summed E-state index contributed by atoms with van der Waals surface area (Å²) in [6.45, 7) is 2.81. The second-order valence-corrected chi connectivity index (χ2v) is 9.62. The van der Waals surface area contributed by atoms with Crippen molar-refractivity contribution in [1.82, 2.24) is 0 Å². The lowest BCUT2D eigenvalue weighted by molar-refractivity contribution is 0.101. The van der Waals surface area contributed by atoms with Gasteiger partial charge in [0.15, 0.2) is 21.4 Å². The zero-order valence-electron chi connectivity index (χ0n) is 18.9. The van der Waals surface area contributed by atoms with Crippen molar-refractivity contribution in [3.8, 4) is 17.9 Å². The highest BCUT2D eigenvalue weighted by molar-refractivity contribution is 7.90. The van der Waals surface area contributed by atoms with Crippen LogP contribution in [0.15, 0.2) is 53.4 Å². The number of anilines is 1. The van der Waals surface area contributed by atoms with E-state index in [1.165, 1.54) is 6.07 Å². The molecule has 3 aromatic carbocycles. The summed E-state index contributed by atoms with van der Waals surface area (Å²) < 4.78 is 54.3. The molecule has 6 nitrogen and oxygen atoms in total. The van der Waals surface area contributed by atoms with Crippen molar-refractivity contribution in [2.24, 2.45) is 0 Å². The van der Waals surface area contributed by atoms with Crippen LogP contribution in [0.1, 0.15) is 49.9 Å². The third-order valence-corrected chi connectivity index (χ3v) is 6.19. The molecular formula is C26H18F2N2O4S. The van der Waals surface area contributed by atoms with Gasteiger partial charge >= 0.3 is 0 Å². The molecule has 1 amide bonds. The number of hydrogen-bond donors (Lipinski definition) is 1. The largest absolute Gasteiger partial charge is 0.321 e. The lowest BCUT2D eigenvalue weighted by atomic mass is 10.0. The van der Waals surface area contributed by atoms with Crippen molar-refractivity contribution in [2.45, 2.75) is 18.7 Å². The molecule has 0 spiro atoms. The smallest absolute Gasteiger partial charge is 0.257 e. The van der Waals surface area contributed by atoms with Crippen LogP contribution in [0.25, 0.3) is 0 Å². The number of hydrogen-bond acceptors (Lipinski definition) is 5. The lowest BCUT2D eigenvalue weighted by Gasteiger charge is -2.14. The number of rotatable bonds is 4. The molecule has 176 valence electrons.